The number of phenolic OH excluding ortho intramolecular Hbond substituents is 1. The van der Waals surface area contributed by atoms with Crippen LogP contribution in [-0.4, -0.2) is 128 Å². The summed E-state index contributed by atoms with van der Waals surface area (Å²) in [4.78, 5) is 29.5. The van der Waals surface area contributed by atoms with Crippen LogP contribution in [0.15, 0.2) is 45.7 Å². The van der Waals surface area contributed by atoms with Crippen LogP contribution in [0, 0.1) is 0 Å². The van der Waals surface area contributed by atoms with Gasteiger partial charge in [-0.2, -0.15) is 18.2 Å². The molecule has 10 nitrogen and oxygen atoms in total. The molecule has 1 N–H and O–H groups in total. The molecule has 1 amide bonds. The van der Waals surface area contributed by atoms with Crippen LogP contribution in [0.1, 0.15) is 19.3 Å². The zero-order valence-electron chi connectivity index (χ0n) is 23.7. The number of hydrogen-bond donors (Lipinski definition) is 1. The van der Waals surface area contributed by atoms with Gasteiger partial charge in [0.25, 0.3) is 0 Å². The molecule has 1 aromatic carbocycles. The second kappa shape index (κ2) is 15.5. The van der Waals surface area contributed by atoms with Gasteiger partial charge in [0.1, 0.15) is 11.6 Å². The van der Waals surface area contributed by atoms with E-state index in [0.29, 0.717) is 64.4 Å². The topological polar surface area (TPSA) is 93.4 Å². The van der Waals surface area contributed by atoms with Gasteiger partial charge in [-0.15, -0.1) is 0 Å². The van der Waals surface area contributed by atoms with Crippen LogP contribution in [0.3, 0.4) is 0 Å². The van der Waals surface area contributed by atoms with Gasteiger partial charge in [-0.1, -0.05) is 6.58 Å². The predicted octanol–water partition coefficient (Wildman–Crippen LogP) is 3.43. The molecule has 0 spiro atoms. The van der Waals surface area contributed by atoms with E-state index in [1.54, 1.807) is 4.90 Å². The number of alkyl halides is 3. The van der Waals surface area contributed by atoms with Gasteiger partial charge in [-0.3, -0.25) is 9.69 Å². The van der Waals surface area contributed by atoms with Crippen LogP contribution in [0.2, 0.25) is 0 Å². The number of benzene rings is 1. The number of phenols is 1. The maximum absolute atomic E-state index is 13.3. The minimum Gasteiger partial charge on any atom is -0.508 e. The molecule has 42 heavy (non-hydrogen) atoms. The summed E-state index contributed by atoms with van der Waals surface area (Å²) in [6.45, 7) is 11.4. The highest BCUT2D eigenvalue weighted by Gasteiger charge is 2.31. The molecule has 4 rings (SSSR count). The quantitative estimate of drug-likeness (QED) is 0.285. The number of halogens is 3. The molecule has 2 saturated heterocycles. The number of carbonyl (C=O) groups excluding carboxylic acids is 1. The summed E-state index contributed by atoms with van der Waals surface area (Å²) in [6, 6.07) is 4.18. The molecular weight excluding hydrogens is 573 g/mol. The number of nitrogens with zero attached hydrogens (tertiary/aromatic N) is 6. The van der Waals surface area contributed by atoms with Crippen molar-refractivity contribution in [3.8, 4) is 5.75 Å². The number of thioether (sulfide) groups is 1. The first-order chi connectivity index (χ1) is 20.2. The molecule has 3 aliphatic rings. The SMILES string of the molecule is C=CC(=O)N1CCN(C2=NC(OCCCN3CCOCC3)=NCCN(c3cc(O)ccc3SC(F)(F)F)CCC2)CC1. The summed E-state index contributed by atoms with van der Waals surface area (Å²) in [5, 5.41) is 10.1. The first kappa shape index (κ1) is 32.0. The van der Waals surface area contributed by atoms with Crippen LogP contribution in [0.4, 0.5) is 18.9 Å². The number of piperazine rings is 1. The van der Waals surface area contributed by atoms with Gasteiger partial charge < -0.3 is 29.3 Å². The second-order valence-corrected chi connectivity index (χ2v) is 11.3. The standard InChI is InChI=1S/C28H39F3N6O4S/c1-2-26(39)37-14-12-36(13-15-37)25-5-3-10-35(23-21-22(38)6-7-24(23)42-28(29,30)31)11-8-32-27(33-25)41-18-4-9-34-16-19-40-20-17-34/h2,6-7,21,38H,1,3-5,8-20H2. The van der Waals surface area contributed by atoms with Crippen LogP contribution >= 0.6 is 11.8 Å². The summed E-state index contributed by atoms with van der Waals surface area (Å²) in [7, 11) is 0. The highest BCUT2D eigenvalue weighted by Crippen LogP contribution is 2.43. The first-order valence-corrected chi connectivity index (χ1v) is 15.1. The van der Waals surface area contributed by atoms with E-state index >= 15 is 0 Å². The van der Waals surface area contributed by atoms with Crippen molar-refractivity contribution in [2.45, 2.75) is 29.7 Å². The fourth-order valence-corrected chi connectivity index (χ4v) is 5.79. The van der Waals surface area contributed by atoms with Gasteiger partial charge in [0.2, 0.25) is 5.91 Å². The van der Waals surface area contributed by atoms with E-state index in [2.05, 4.69) is 21.4 Å². The average molecular weight is 613 g/mol. The van der Waals surface area contributed by atoms with Crippen molar-refractivity contribution in [3.63, 3.8) is 0 Å². The number of aliphatic imine (C=N–C) groups is 2. The normalized spacial score (nSPS) is 19.6. The Hall–Kier alpha value is -2.97. The molecule has 0 aliphatic carbocycles. The van der Waals surface area contributed by atoms with Gasteiger partial charge in [-0.25, -0.2) is 4.99 Å². The van der Waals surface area contributed by atoms with Crippen molar-refractivity contribution in [2.75, 3.05) is 90.2 Å². The summed E-state index contributed by atoms with van der Waals surface area (Å²) in [5.74, 6) is 0.563. The van der Waals surface area contributed by atoms with Gasteiger partial charge in [0, 0.05) is 76.3 Å². The van der Waals surface area contributed by atoms with E-state index in [0.717, 1.165) is 45.1 Å². The number of hydrogen-bond acceptors (Lipinski definition) is 10. The molecule has 0 aromatic heterocycles. The maximum Gasteiger partial charge on any atom is 0.446 e. The van der Waals surface area contributed by atoms with Crippen LogP contribution in [-0.2, 0) is 14.3 Å². The summed E-state index contributed by atoms with van der Waals surface area (Å²) in [5.41, 5.74) is -4.14. The third-order valence-corrected chi connectivity index (χ3v) is 8.06. The zero-order valence-corrected chi connectivity index (χ0v) is 24.5. The molecule has 3 aliphatic heterocycles. The number of amidine groups is 2. The Bertz CT molecular complexity index is 1120. The molecule has 1 aromatic rings. The van der Waals surface area contributed by atoms with Gasteiger partial charge in [0.15, 0.2) is 0 Å². The Kier molecular flexibility index (Phi) is 11.8. The number of ether oxygens (including phenoxy) is 2. The smallest absolute Gasteiger partial charge is 0.446 e. The lowest BCUT2D eigenvalue weighted by Crippen LogP contribution is -2.50. The van der Waals surface area contributed by atoms with E-state index < -0.39 is 5.51 Å². The number of anilines is 1. The molecule has 0 saturated carbocycles. The van der Waals surface area contributed by atoms with Crippen molar-refractivity contribution < 1.29 is 32.5 Å². The fraction of sp³-hybridized carbons (Fsp3) is 0.607. The molecule has 2 fully saturated rings. The van der Waals surface area contributed by atoms with E-state index in [-0.39, 0.29) is 40.9 Å². The second-order valence-electron chi connectivity index (χ2n) is 10.2. The third kappa shape index (κ3) is 9.80. The van der Waals surface area contributed by atoms with Crippen molar-refractivity contribution in [3.05, 3.63) is 30.9 Å². The van der Waals surface area contributed by atoms with E-state index in [4.69, 9.17) is 14.5 Å². The predicted molar refractivity (Wildman–Crippen MR) is 157 cm³/mol. The first-order valence-electron chi connectivity index (χ1n) is 14.3. The Morgan fingerprint density at radius 1 is 1.10 bits per heavy atom. The average Bonchev–Trinajstić information content (AvgIpc) is 2.98. The highest BCUT2D eigenvalue weighted by atomic mass is 32.2. The molecule has 3 heterocycles. The van der Waals surface area contributed by atoms with Gasteiger partial charge >= 0.3 is 11.5 Å². The Morgan fingerprint density at radius 2 is 1.86 bits per heavy atom. The van der Waals surface area contributed by atoms with Crippen molar-refractivity contribution in [1.82, 2.24) is 14.7 Å². The van der Waals surface area contributed by atoms with Crippen molar-refractivity contribution in [1.29, 1.82) is 0 Å². The Labute approximate surface area is 248 Å². The van der Waals surface area contributed by atoms with Crippen molar-refractivity contribution >= 4 is 35.2 Å². The number of carbonyl (C=O) groups is 1. The minimum absolute atomic E-state index is 0.0258. The highest BCUT2D eigenvalue weighted by molar-refractivity contribution is 8.00. The number of aromatic hydroxyl groups is 1. The minimum atomic E-state index is -4.46. The molecular formula is C28H39F3N6O4S. The van der Waals surface area contributed by atoms with E-state index in [1.165, 1.54) is 24.3 Å². The molecule has 14 heteroatoms. The number of morpholine rings is 1. The lowest BCUT2D eigenvalue weighted by molar-refractivity contribution is -0.127. The Balaban J connectivity index is 1.49. The summed E-state index contributed by atoms with van der Waals surface area (Å²) < 4.78 is 51.4. The lowest BCUT2D eigenvalue weighted by atomic mass is 10.2. The molecule has 232 valence electrons. The van der Waals surface area contributed by atoms with Crippen LogP contribution in [0.25, 0.3) is 0 Å². The fourth-order valence-electron chi connectivity index (χ4n) is 5.11. The van der Waals surface area contributed by atoms with Gasteiger partial charge in [-0.05, 0) is 42.8 Å². The van der Waals surface area contributed by atoms with Gasteiger partial charge in [0.05, 0.1) is 32.1 Å². The molecule has 0 radical (unpaired) electrons. The number of amides is 1. The number of rotatable bonds is 7. The lowest BCUT2D eigenvalue weighted by Gasteiger charge is -2.36. The summed E-state index contributed by atoms with van der Waals surface area (Å²) >= 11 is -0.192. The summed E-state index contributed by atoms with van der Waals surface area (Å²) in [6.07, 6.45) is 3.26. The van der Waals surface area contributed by atoms with E-state index in [1.807, 2.05) is 4.90 Å². The molecule has 0 bridgehead atoms. The maximum atomic E-state index is 13.3. The molecule has 0 unspecified atom stereocenters. The largest absolute Gasteiger partial charge is 0.508 e. The van der Waals surface area contributed by atoms with Crippen LogP contribution < -0.4 is 4.90 Å². The van der Waals surface area contributed by atoms with E-state index in [9.17, 15) is 23.1 Å². The Morgan fingerprint density at radius 3 is 2.57 bits per heavy atom. The third-order valence-electron chi connectivity index (χ3n) is 7.26. The molecule has 0 atom stereocenters. The zero-order chi connectivity index (χ0) is 30.0. The van der Waals surface area contributed by atoms with Crippen molar-refractivity contribution in [2.24, 2.45) is 9.98 Å². The monoisotopic (exact) mass is 612 g/mol. The van der Waals surface area contributed by atoms with Crippen LogP contribution in [0.5, 0.6) is 5.75 Å².